The summed E-state index contributed by atoms with van der Waals surface area (Å²) in [6.45, 7) is 1.45. The van der Waals surface area contributed by atoms with Gasteiger partial charge in [-0.15, -0.1) is 0 Å². The molecule has 0 saturated carbocycles. The van der Waals surface area contributed by atoms with E-state index < -0.39 is 4.83 Å². The maximum atomic E-state index is 11.1. The van der Waals surface area contributed by atoms with E-state index in [-0.39, 0.29) is 5.78 Å². The number of benzene rings is 1. The van der Waals surface area contributed by atoms with Crippen molar-refractivity contribution in [3.63, 3.8) is 0 Å². The summed E-state index contributed by atoms with van der Waals surface area (Å²) >= 11 is 3.21. The molecule has 0 saturated heterocycles. The highest BCUT2D eigenvalue weighted by Crippen LogP contribution is 2.25. The molecule has 1 aromatic rings. The van der Waals surface area contributed by atoms with Gasteiger partial charge in [0, 0.05) is 0 Å². The number of hydrogen-bond acceptors (Lipinski definition) is 3. The molecule has 1 unspecified atom stereocenters. The van der Waals surface area contributed by atoms with Crippen LogP contribution in [0.3, 0.4) is 0 Å². The van der Waals surface area contributed by atoms with E-state index in [2.05, 4.69) is 15.9 Å². The van der Waals surface area contributed by atoms with Crippen LogP contribution < -0.4 is 0 Å². The molecule has 15 heavy (non-hydrogen) atoms. The van der Waals surface area contributed by atoms with Crippen molar-refractivity contribution < 1.29 is 4.79 Å². The number of nitriles is 2. The monoisotopic (exact) mass is 262 g/mol. The Bertz CT molecular complexity index is 450. The van der Waals surface area contributed by atoms with E-state index in [9.17, 15) is 4.79 Å². The third-order valence-electron chi connectivity index (χ3n) is 1.86. The van der Waals surface area contributed by atoms with Gasteiger partial charge in [-0.05, 0) is 30.7 Å². The quantitative estimate of drug-likeness (QED) is 0.770. The Morgan fingerprint density at radius 1 is 1.27 bits per heavy atom. The second-order valence-corrected chi connectivity index (χ2v) is 3.96. The Kier molecular flexibility index (Phi) is 3.60. The van der Waals surface area contributed by atoms with Crippen LogP contribution in [0.5, 0.6) is 0 Å². The molecule has 1 atom stereocenters. The van der Waals surface area contributed by atoms with Crippen molar-refractivity contribution in [2.75, 3.05) is 0 Å². The molecule has 74 valence electrons. The molecule has 0 aliphatic rings. The zero-order valence-corrected chi connectivity index (χ0v) is 9.58. The number of ketones is 1. The average Bonchev–Trinajstić information content (AvgIpc) is 2.27. The van der Waals surface area contributed by atoms with E-state index in [0.717, 1.165) is 0 Å². The maximum Gasteiger partial charge on any atom is 0.147 e. The molecule has 4 heteroatoms. The summed E-state index contributed by atoms with van der Waals surface area (Å²) in [6, 6.07) is 8.59. The lowest BCUT2D eigenvalue weighted by Crippen LogP contribution is -2.01. The van der Waals surface area contributed by atoms with Gasteiger partial charge in [-0.2, -0.15) is 10.5 Å². The van der Waals surface area contributed by atoms with Crippen LogP contribution in [-0.4, -0.2) is 5.78 Å². The van der Waals surface area contributed by atoms with E-state index >= 15 is 0 Å². The molecular formula is C11H7BrN2O. The van der Waals surface area contributed by atoms with Crippen LogP contribution in [0.2, 0.25) is 0 Å². The van der Waals surface area contributed by atoms with Crippen LogP contribution in [-0.2, 0) is 4.79 Å². The minimum absolute atomic E-state index is 0.0611. The van der Waals surface area contributed by atoms with Gasteiger partial charge in [0.25, 0.3) is 0 Å². The Morgan fingerprint density at radius 2 is 1.73 bits per heavy atom. The number of Topliss-reactive ketones (excluding diaryl/α,β-unsaturated/α-hetero) is 1. The van der Waals surface area contributed by atoms with Gasteiger partial charge < -0.3 is 0 Å². The number of hydrogen-bond donors (Lipinski definition) is 0. The summed E-state index contributed by atoms with van der Waals surface area (Å²) in [7, 11) is 0. The summed E-state index contributed by atoms with van der Waals surface area (Å²) in [5, 5.41) is 17.5. The van der Waals surface area contributed by atoms with Crippen LogP contribution in [0.1, 0.15) is 28.4 Å². The van der Waals surface area contributed by atoms with Crippen molar-refractivity contribution in [1.29, 1.82) is 10.5 Å². The molecule has 1 aromatic carbocycles. The smallest absolute Gasteiger partial charge is 0.147 e. The summed E-state index contributed by atoms with van der Waals surface area (Å²) in [4.78, 5) is 10.7. The topological polar surface area (TPSA) is 64.7 Å². The Hall–Kier alpha value is -1.65. The average molecular weight is 263 g/mol. The predicted molar refractivity (Wildman–Crippen MR) is 58.2 cm³/mol. The molecule has 3 nitrogen and oxygen atoms in total. The standard InChI is InChI=1S/C11H7BrN2O/c1-7(15)11(12)10-3-8(5-13)2-9(4-10)6-14/h2-4,11H,1H3. The van der Waals surface area contributed by atoms with Gasteiger partial charge in [0.15, 0.2) is 0 Å². The minimum Gasteiger partial charge on any atom is -0.298 e. The van der Waals surface area contributed by atoms with Gasteiger partial charge in [-0.25, -0.2) is 0 Å². The van der Waals surface area contributed by atoms with E-state index in [1.54, 1.807) is 12.1 Å². The third kappa shape index (κ3) is 2.65. The van der Waals surface area contributed by atoms with Crippen molar-refractivity contribution in [2.45, 2.75) is 11.8 Å². The van der Waals surface area contributed by atoms with Crippen LogP contribution in [0, 0.1) is 22.7 Å². The molecule has 0 aromatic heterocycles. The van der Waals surface area contributed by atoms with E-state index in [1.165, 1.54) is 13.0 Å². The number of alkyl halides is 1. The van der Waals surface area contributed by atoms with E-state index in [0.29, 0.717) is 16.7 Å². The first-order valence-corrected chi connectivity index (χ1v) is 5.09. The fraction of sp³-hybridized carbons (Fsp3) is 0.182. The van der Waals surface area contributed by atoms with Crippen molar-refractivity contribution in [2.24, 2.45) is 0 Å². The molecular weight excluding hydrogens is 256 g/mol. The van der Waals surface area contributed by atoms with Gasteiger partial charge in [0.1, 0.15) is 5.78 Å². The number of halogens is 1. The van der Waals surface area contributed by atoms with Gasteiger partial charge in [0.2, 0.25) is 0 Å². The van der Waals surface area contributed by atoms with Crippen molar-refractivity contribution in [1.82, 2.24) is 0 Å². The molecule has 0 aliphatic heterocycles. The summed E-state index contributed by atoms with van der Waals surface area (Å²) < 4.78 is 0. The summed E-state index contributed by atoms with van der Waals surface area (Å²) in [6.07, 6.45) is 0. The highest BCUT2D eigenvalue weighted by Gasteiger charge is 2.14. The minimum atomic E-state index is -0.460. The maximum absolute atomic E-state index is 11.1. The van der Waals surface area contributed by atoms with Gasteiger partial charge >= 0.3 is 0 Å². The molecule has 0 N–H and O–H groups in total. The highest BCUT2D eigenvalue weighted by molar-refractivity contribution is 9.09. The first-order valence-electron chi connectivity index (χ1n) is 4.18. The second kappa shape index (κ2) is 4.72. The molecule has 0 amide bonds. The molecule has 1 rings (SSSR count). The summed E-state index contributed by atoms with van der Waals surface area (Å²) in [5.74, 6) is -0.0611. The van der Waals surface area contributed by atoms with Gasteiger partial charge in [0.05, 0.1) is 28.1 Å². The van der Waals surface area contributed by atoms with Crippen LogP contribution in [0.15, 0.2) is 18.2 Å². The third-order valence-corrected chi connectivity index (χ3v) is 3.04. The molecule has 0 spiro atoms. The first kappa shape index (κ1) is 11.4. The number of carbonyl (C=O) groups is 1. The van der Waals surface area contributed by atoms with Gasteiger partial charge in [-0.1, -0.05) is 15.9 Å². The largest absolute Gasteiger partial charge is 0.298 e. The van der Waals surface area contributed by atoms with Crippen molar-refractivity contribution in [3.8, 4) is 12.1 Å². The fourth-order valence-electron chi connectivity index (χ4n) is 1.16. The lowest BCUT2D eigenvalue weighted by atomic mass is 10.0. The van der Waals surface area contributed by atoms with Crippen LogP contribution >= 0.6 is 15.9 Å². The number of carbonyl (C=O) groups excluding carboxylic acids is 1. The van der Waals surface area contributed by atoms with Crippen LogP contribution in [0.4, 0.5) is 0 Å². The molecule has 0 aliphatic carbocycles. The van der Waals surface area contributed by atoms with Crippen molar-refractivity contribution >= 4 is 21.7 Å². The van der Waals surface area contributed by atoms with E-state index in [1.807, 2.05) is 12.1 Å². The van der Waals surface area contributed by atoms with Gasteiger partial charge in [-0.3, -0.25) is 4.79 Å². The first-order chi connectivity index (χ1) is 7.08. The Balaban J connectivity index is 3.27. The summed E-state index contributed by atoms with van der Waals surface area (Å²) in [5.41, 5.74) is 1.41. The normalized spacial score (nSPS) is 11.2. The lowest BCUT2D eigenvalue weighted by molar-refractivity contribution is -0.116. The lowest BCUT2D eigenvalue weighted by Gasteiger charge is -2.06. The second-order valence-electron chi connectivity index (χ2n) is 3.04. The van der Waals surface area contributed by atoms with E-state index in [4.69, 9.17) is 10.5 Å². The van der Waals surface area contributed by atoms with Crippen LogP contribution in [0.25, 0.3) is 0 Å². The highest BCUT2D eigenvalue weighted by atomic mass is 79.9. The fourth-order valence-corrected chi connectivity index (χ4v) is 1.43. The molecule has 0 bridgehead atoms. The SMILES string of the molecule is CC(=O)C(Br)c1cc(C#N)cc(C#N)c1. The predicted octanol–water partition coefficient (Wildman–Crippen LogP) is 2.45. The zero-order chi connectivity index (χ0) is 11.4. The van der Waals surface area contributed by atoms with Crippen molar-refractivity contribution in [3.05, 3.63) is 34.9 Å². The Labute approximate surface area is 96.1 Å². The Morgan fingerprint density at radius 3 is 2.07 bits per heavy atom. The molecule has 0 fully saturated rings. The zero-order valence-electron chi connectivity index (χ0n) is 7.99. The molecule has 0 heterocycles. The number of rotatable bonds is 2. The molecule has 0 radical (unpaired) electrons. The number of nitrogens with zero attached hydrogens (tertiary/aromatic N) is 2.